The van der Waals surface area contributed by atoms with E-state index in [0.29, 0.717) is 30.5 Å². The van der Waals surface area contributed by atoms with E-state index in [1.54, 1.807) is 6.08 Å². The van der Waals surface area contributed by atoms with Gasteiger partial charge in [-0.3, -0.25) is 4.79 Å². The molecule has 0 bridgehead atoms. The van der Waals surface area contributed by atoms with E-state index in [9.17, 15) is 4.79 Å². The Kier molecular flexibility index (Phi) is 5.27. The lowest BCUT2D eigenvalue weighted by atomic mass is 10.3. The minimum atomic E-state index is -0.0954. The number of nitrogens with one attached hydrogen (secondary N) is 2. The summed E-state index contributed by atoms with van der Waals surface area (Å²) in [7, 11) is 0. The van der Waals surface area contributed by atoms with E-state index in [1.807, 2.05) is 24.3 Å². The van der Waals surface area contributed by atoms with Crippen molar-refractivity contribution < 1.29 is 9.21 Å². The van der Waals surface area contributed by atoms with Crippen molar-refractivity contribution in [3.8, 4) is 0 Å². The molecule has 3 rings (SSSR count). The topological polar surface area (TPSA) is 96.7 Å². The SMILES string of the molecule is C=CCNC(=O)CSc1nnc(CCc2nc3ccccc3[nH]2)o1. The first kappa shape index (κ1) is 16.3. The van der Waals surface area contributed by atoms with Gasteiger partial charge in [-0.15, -0.1) is 16.8 Å². The molecule has 0 aliphatic carbocycles. The number of H-pyrrole nitrogens is 1. The maximum atomic E-state index is 11.5. The number of nitrogens with zero attached hydrogens (tertiary/aromatic N) is 3. The molecule has 0 saturated heterocycles. The Balaban J connectivity index is 1.50. The Hall–Kier alpha value is -2.61. The van der Waals surface area contributed by atoms with Crippen LogP contribution in [-0.2, 0) is 17.6 Å². The molecule has 7 nitrogen and oxygen atoms in total. The van der Waals surface area contributed by atoms with Crippen LogP contribution in [0.5, 0.6) is 0 Å². The fraction of sp³-hybridized carbons (Fsp3) is 0.250. The zero-order chi connectivity index (χ0) is 16.8. The summed E-state index contributed by atoms with van der Waals surface area (Å²) in [6.07, 6.45) is 2.91. The van der Waals surface area contributed by atoms with Gasteiger partial charge in [-0.1, -0.05) is 30.0 Å². The van der Waals surface area contributed by atoms with E-state index >= 15 is 0 Å². The number of hydrogen-bond donors (Lipinski definition) is 2. The standard InChI is InChI=1S/C16H17N5O2S/c1-2-9-17-14(22)10-24-16-21-20-15(23-16)8-7-13-18-11-5-3-4-6-12(11)19-13/h2-6H,1,7-10H2,(H,17,22)(H,18,19). The highest BCUT2D eigenvalue weighted by Gasteiger charge is 2.10. The summed E-state index contributed by atoms with van der Waals surface area (Å²) in [5, 5.41) is 11.0. The molecule has 124 valence electrons. The van der Waals surface area contributed by atoms with Gasteiger partial charge in [-0.05, 0) is 12.1 Å². The van der Waals surface area contributed by atoms with Crippen LogP contribution in [0.1, 0.15) is 11.7 Å². The number of carbonyl (C=O) groups excluding carboxylic acids is 1. The van der Waals surface area contributed by atoms with Gasteiger partial charge in [0, 0.05) is 19.4 Å². The molecule has 0 fully saturated rings. The number of fused-ring (bicyclic) bond motifs is 1. The quantitative estimate of drug-likeness (QED) is 0.480. The van der Waals surface area contributed by atoms with Crippen molar-refractivity contribution in [2.75, 3.05) is 12.3 Å². The normalized spacial score (nSPS) is 10.8. The minimum Gasteiger partial charge on any atom is -0.416 e. The summed E-state index contributed by atoms with van der Waals surface area (Å²) < 4.78 is 5.53. The fourth-order valence-corrected chi connectivity index (χ4v) is 2.72. The molecule has 2 heterocycles. The second kappa shape index (κ2) is 7.78. The monoisotopic (exact) mass is 343 g/mol. The zero-order valence-electron chi connectivity index (χ0n) is 13.0. The minimum absolute atomic E-state index is 0.0954. The van der Waals surface area contributed by atoms with Crippen molar-refractivity contribution in [2.24, 2.45) is 0 Å². The number of aromatic amines is 1. The maximum absolute atomic E-state index is 11.5. The number of aromatic nitrogens is 4. The molecule has 2 N–H and O–H groups in total. The highest BCUT2D eigenvalue weighted by atomic mass is 32.2. The summed E-state index contributed by atoms with van der Waals surface area (Å²) >= 11 is 1.22. The predicted molar refractivity (Wildman–Crippen MR) is 91.7 cm³/mol. The largest absolute Gasteiger partial charge is 0.416 e. The molecule has 0 radical (unpaired) electrons. The molecular formula is C16H17N5O2S. The van der Waals surface area contributed by atoms with Gasteiger partial charge in [0.2, 0.25) is 11.8 Å². The molecule has 0 atom stereocenters. The second-order valence-corrected chi connectivity index (χ2v) is 5.97. The van der Waals surface area contributed by atoms with Crippen LogP contribution in [0.2, 0.25) is 0 Å². The highest BCUT2D eigenvalue weighted by Crippen LogP contribution is 2.17. The molecule has 1 amide bonds. The van der Waals surface area contributed by atoms with Crippen LogP contribution in [-0.4, -0.2) is 38.4 Å². The number of thioether (sulfide) groups is 1. The van der Waals surface area contributed by atoms with E-state index in [1.165, 1.54) is 11.8 Å². The number of para-hydroxylation sites is 2. The molecule has 0 spiro atoms. The second-order valence-electron chi connectivity index (χ2n) is 5.04. The van der Waals surface area contributed by atoms with Gasteiger partial charge in [-0.25, -0.2) is 4.98 Å². The molecule has 2 aromatic heterocycles. The lowest BCUT2D eigenvalue weighted by Gasteiger charge is -1.98. The van der Waals surface area contributed by atoms with Gasteiger partial charge in [0.05, 0.1) is 16.8 Å². The third kappa shape index (κ3) is 4.23. The molecule has 24 heavy (non-hydrogen) atoms. The first-order valence-corrected chi connectivity index (χ1v) is 8.49. The van der Waals surface area contributed by atoms with E-state index in [0.717, 1.165) is 16.9 Å². The smallest absolute Gasteiger partial charge is 0.277 e. The third-order valence-electron chi connectivity index (χ3n) is 3.23. The van der Waals surface area contributed by atoms with Crippen LogP contribution < -0.4 is 5.32 Å². The van der Waals surface area contributed by atoms with Crippen LogP contribution in [0.25, 0.3) is 11.0 Å². The summed E-state index contributed by atoms with van der Waals surface area (Å²) in [5.74, 6) is 1.55. The van der Waals surface area contributed by atoms with Crippen LogP contribution >= 0.6 is 11.8 Å². The Morgan fingerprint density at radius 1 is 1.33 bits per heavy atom. The summed E-state index contributed by atoms with van der Waals surface area (Å²) in [5.41, 5.74) is 1.96. The summed E-state index contributed by atoms with van der Waals surface area (Å²) in [4.78, 5) is 19.3. The van der Waals surface area contributed by atoms with E-state index < -0.39 is 0 Å². The molecule has 0 aliphatic rings. The molecule has 1 aromatic carbocycles. The predicted octanol–water partition coefficient (Wildman–Crippen LogP) is 2.13. The Morgan fingerprint density at radius 3 is 3.04 bits per heavy atom. The number of carbonyl (C=O) groups is 1. The number of imidazole rings is 1. The van der Waals surface area contributed by atoms with Gasteiger partial charge in [-0.2, -0.15) is 0 Å². The molecule has 0 saturated carbocycles. The Bertz CT molecular complexity index is 809. The van der Waals surface area contributed by atoms with Gasteiger partial charge < -0.3 is 14.7 Å². The fourth-order valence-electron chi connectivity index (χ4n) is 2.11. The van der Waals surface area contributed by atoms with Crippen LogP contribution in [0.3, 0.4) is 0 Å². The van der Waals surface area contributed by atoms with E-state index in [4.69, 9.17) is 4.42 Å². The van der Waals surface area contributed by atoms with Gasteiger partial charge in [0.25, 0.3) is 5.22 Å². The summed E-state index contributed by atoms with van der Waals surface area (Å²) in [6.45, 7) is 3.99. The average Bonchev–Trinajstić information content (AvgIpc) is 3.22. The lowest BCUT2D eigenvalue weighted by molar-refractivity contribution is -0.118. The summed E-state index contributed by atoms with van der Waals surface area (Å²) in [6, 6.07) is 7.88. The molecule has 0 unspecified atom stereocenters. The number of hydrogen-bond acceptors (Lipinski definition) is 6. The molecule has 8 heteroatoms. The molecule has 0 aliphatic heterocycles. The molecular weight excluding hydrogens is 326 g/mol. The van der Waals surface area contributed by atoms with Crippen LogP contribution in [0.4, 0.5) is 0 Å². The van der Waals surface area contributed by atoms with Gasteiger partial charge in [0.1, 0.15) is 5.82 Å². The van der Waals surface area contributed by atoms with E-state index in [2.05, 4.69) is 32.1 Å². The highest BCUT2D eigenvalue weighted by molar-refractivity contribution is 7.99. The Labute approximate surface area is 143 Å². The first-order valence-electron chi connectivity index (χ1n) is 7.51. The van der Waals surface area contributed by atoms with Crippen molar-refractivity contribution in [1.82, 2.24) is 25.5 Å². The Morgan fingerprint density at radius 2 is 2.21 bits per heavy atom. The van der Waals surface area contributed by atoms with E-state index in [-0.39, 0.29) is 11.7 Å². The van der Waals surface area contributed by atoms with Crippen molar-refractivity contribution in [3.63, 3.8) is 0 Å². The zero-order valence-corrected chi connectivity index (χ0v) is 13.8. The number of aryl methyl sites for hydroxylation is 2. The van der Waals surface area contributed by atoms with Crippen molar-refractivity contribution in [2.45, 2.75) is 18.1 Å². The number of benzene rings is 1. The van der Waals surface area contributed by atoms with Crippen molar-refractivity contribution >= 4 is 28.7 Å². The van der Waals surface area contributed by atoms with Gasteiger partial charge >= 0.3 is 0 Å². The van der Waals surface area contributed by atoms with Crippen LogP contribution in [0, 0.1) is 0 Å². The molecule has 3 aromatic rings. The first-order chi connectivity index (χ1) is 11.7. The lowest BCUT2D eigenvalue weighted by Crippen LogP contribution is -2.24. The van der Waals surface area contributed by atoms with Crippen molar-refractivity contribution in [1.29, 1.82) is 0 Å². The van der Waals surface area contributed by atoms with Gasteiger partial charge in [0.15, 0.2) is 0 Å². The number of rotatable bonds is 8. The average molecular weight is 343 g/mol. The van der Waals surface area contributed by atoms with Crippen LogP contribution in [0.15, 0.2) is 46.6 Å². The maximum Gasteiger partial charge on any atom is 0.277 e. The third-order valence-corrected chi connectivity index (χ3v) is 4.05. The van der Waals surface area contributed by atoms with Crippen molar-refractivity contribution in [3.05, 3.63) is 48.6 Å². The number of amides is 1.